The highest BCUT2D eigenvalue weighted by atomic mass is 16.5. The van der Waals surface area contributed by atoms with Crippen molar-refractivity contribution in [2.45, 2.75) is 68.7 Å². The van der Waals surface area contributed by atoms with Crippen molar-refractivity contribution < 1.29 is 14.2 Å². The van der Waals surface area contributed by atoms with Crippen LogP contribution in [-0.4, -0.2) is 57.9 Å². The Kier molecular flexibility index (Phi) is 6.88. The van der Waals surface area contributed by atoms with E-state index in [1.165, 1.54) is 16.7 Å². The molecule has 4 aliphatic rings. The van der Waals surface area contributed by atoms with Gasteiger partial charge in [-0.2, -0.15) is 0 Å². The number of nitrogens with one attached hydrogen (secondary N) is 1. The molecule has 234 valence electrons. The van der Waals surface area contributed by atoms with E-state index in [1.54, 1.807) is 19.5 Å². The van der Waals surface area contributed by atoms with Crippen molar-refractivity contribution in [3.8, 4) is 28.3 Å². The minimum atomic E-state index is -0.427. The number of ether oxygens (including phenoxy) is 3. The van der Waals surface area contributed by atoms with Gasteiger partial charge in [0.15, 0.2) is 0 Å². The van der Waals surface area contributed by atoms with Crippen LogP contribution >= 0.6 is 0 Å². The highest BCUT2D eigenvalue weighted by Gasteiger charge is 2.48. The summed E-state index contributed by atoms with van der Waals surface area (Å²) in [4.78, 5) is 23.3. The summed E-state index contributed by atoms with van der Waals surface area (Å²) in [6.07, 6.45) is 12.2. The summed E-state index contributed by atoms with van der Waals surface area (Å²) in [5, 5.41) is 3.78. The summed E-state index contributed by atoms with van der Waals surface area (Å²) in [6, 6.07) is 17.9. The first-order valence-electron chi connectivity index (χ1n) is 15.9. The monoisotopic (exact) mass is 615 g/mol. The molecular weight excluding hydrogens is 578 g/mol. The number of nitrogens with zero attached hydrogens (tertiary/aromatic N) is 5. The second kappa shape index (κ2) is 11.1. The van der Waals surface area contributed by atoms with Crippen molar-refractivity contribution in [2.24, 2.45) is 15.7 Å². The van der Waals surface area contributed by atoms with E-state index in [9.17, 15) is 0 Å². The van der Waals surface area contributed by atoms with Gasteiger partial charge in [-0.25, -0.2) is 15.0 Å². The van der Waals surface area contributed by atoms with Gasteiger partial charge >= 0.3 is 0 Å². The molecule has 46 heavy (non-hydrogen) atoms. The number of rotatable bonds is 4. The van der Waals surface area contributed by atoms with Gasteiger partial charge in [0.05, 0.1) is 36.8 Å². The second-order valence-corrected chi connectivity index (χ2v) is 12.9. The molecule has 4 aromatic rings. The smallest absolute Gasteiger partial charge is 0.286 e. The minimum absolute atomic E-state index is 0.0281. The highest BCUT2D eigenvalue weighted by molar-refractivity contribution is 5.78. The van der Waals surface area contributed by atoms with Gasteiger partial charge in [0.2, 0.25) is 5.88 Å². The van der Waals surface area contributed by atoms with Crippen molar-refractivity contribution in [1.82, 2.24) is 20.3 Å². The molecule has 0 bridgehead atoms. The molecule has 2 aromatic heterocycles. The molecule has 3 N–H and O–H groups in total. The lowest BCUT2D eigenvalue weighted by Crippen LogP contribution is -2.51. The van der Waals surface area contributed by atoms with Gasteiger partial charge in [-0.15, -0.1) is 0 Å². The lowest BCUT2D eigenvalue weighted by atomic mass is 9.74. The number of aromatic nitrogens is 3. The molecule has 10 heteroatoms. The molecule has 0 amide bonds. The number of amidine groups is 2. The van der Waals surface area contributed by atoms with E-state index in [1.807, 2.05) is 18.5 Å². The van der Waals surface area contributed by atoms with Gasteiger partial charge in [-0.1, -0.05) is 36.4 Å². The average molecular weight is 616 g/mol. The molecule has 0 saturated carbocycles. The zero-order chi connectivity index (χ0) is 31.3. The van der Waals surface area contributed by atoms with Crippen molar-refractivity contribution in [2.75, 3.05) is 13.7 Å². The lowest BCUT2D eigenvalue weighted by Gasteiger charge is -2.37. The molecule has 1 saturated heterocycles. The fourth-order valence-electron chi connectivity index (χ4n) is 7.64. The summed E-state index contributed by atoms with van der Waals surface area (Å²) >= 11 is 0. The Labute approximate surface area is 268 Å². The summed E-state index contributed by atoms with van der Waals surface area (Å²) in [7, 11) is 1.59. The fraction of sp³-hybridized carbons (Fsp3) is 0.361. The number of pyridine rings is 1. The van der Waals surface area contributed by atoms with E-state index in [2.05, 4.69) is 69.7 Å². The molecule has 0 radical (unpaired) electrons. The fourth-order valence-corrected chi connectivity index (χ4v) is 7.64. The predicted octanol–water partition coefficient (Wildman–Crippen LogP) is 4.97. The van der Waals surface area contributed by atoms with Crippen molar-refractivity contribution >= 4 is 12.0 Å². The third kappa shape index (κ3) is 5.02. The normalized spacial score (nSPS) is 27.3. The zero-order valence-electron chi connectivity index (χ0n) is 26.1. The van der Waals surface area contributed by atoms with Crippen molar-refractivity contribution in [3.63, 3.8) is 0 Å². The van der Waals surface area contributed by atoms with Gasteiger partial charge in [-0.3, -0.25) is 9.97 Å². The van der Waals surface area contributed by atoms with Crippen molar-refractivity contribution in [3.05, 3.63) is 95.6 Å². The standard InChI is InChI=1S/C36H37N7O3/c1-22-36(13-10-28-24(17-36)5-3-7-27(28)25-6-4-14-38-18-25)43-34(46-22)41-30-11-12-35(21-45-33(37)42-35)16-26-15-23(8-9-29(26)30)31-19-39-20-32(40-31)44-2/h3-9,14-15,18-20,22,30H,10-13,16-17,21H2,1-2H3,(H2,37,42)(H,41,43). The molecular formula is C36H37N7O3. The largest absolute Gasteiger partial charge is 0.480 e. The second-order valence-electron chi connectivity index (χ2n) is 12.9. The first kappa shape index (κ1) is 28.5. The van der Waals surface area contributed by atoms with Gasteiger partial charge < -0.3 is 25.3 Å². The Morgan fingerprint density at radius 3 is 2.76 bits per heavy atom. The van der Waals surface area contributed by atoms with Crippen LogP contribution in [0.2, 0.25) is 0 Å². The molecule has 2 aromatic carbocycles. The van der Waals surface area contributed by atoms with Gasteiger partial charge in [0.1, 0.15) is 18.2 Å². The molecule has 2 aliphatic heterocycles. The van der Waals surface area contributed by atoms with Crippen LogP contribution in [0.25, 0.3) is 22.4 Å². The minimum Gasteiger partial charge on any atom is -0.480 e. The molecule has 10 nitrogen and oxygen atoms in total. The number of methoxy groups -OCH3 is 1. The molecule has 8 rings (SSSR count). The number of benzene rings is 2. The number of hydrogen-bond donors (Lipinski definition) is 2. The zero-order valence-corrected chi connectivity index (χ0v) is 26.1. The molecule has 2 spiro atoms. The van der Waals surface area contributed by atoms with E-state index >= 15 is 0 Å². The van der Waals surface area contributed by atoms with E-state index in [4.69, 9.17) is 29.9 Å². The Morgan fingerprint density at radius 1 is 1.00 bits per heavy atom. The number of hydrogen-bond acceptors (Lipinski definition) is 9. The number of nitrogens with two attached hydrogens (primary N) is 1. The Hall–Kier alpha value is -4.99. The van der Waals surface area contributed by atoms with Crippen LogP contribution in [-0.2, 0) is 28.7 Å². The van der Waals surface area contributed by atoms with E-state index < -0.39 is 5.54 Å². The van der Waals surface area contributed by atoms with Crippen LogP contribution in [0.1, 0.15) is 54.5 Å². The van der Waals surface area contributed by atoms with Crippen LogP contribution in [0.3, 0.4) is 0 Å². The Balaban J connectivity index is 1.11. The number of aliphatic imine (C=N–C) groups is 2. The third-order valence-electron chi connectivity index (χ3n) is 10.1. The first-order chi connectivity index (χ1) is 22.4. The number of fused-ring (bicyclic) bond motifs is 2. The molecule has 4 atom stereocenters. The van der Waals surface area contributed by atoms with Crippen molar-refractivity contribution in [1.29, 1.82) is 0 Å². The van der Waals surface area contributed by atoms with Crippen LogP contribution in [0.5, 0.6) is 5.88 Å². The SMILES string of the molecule is COc1cncc(-c2ccc3c(c2)CC2(CCC3N=C3NC4(CCc5c(cccc5-c5cccnc5)C4)C(C)O3)COC(N)=N2)n1. The predicted molar refractivity (Wildman–Crippen MR) is 176 cm³/mol. The van der Waals surface area contributed by atoms with E-state index in [0.717, 1.165) is 60.1 Å². The lowest BCUT2D eigenvalue weighted by molar-refractivity contribution is 0.147. The van der Waals surface area contributed by atoms with Crippen LogP contribution in [0.4, 0.5) is 0 Å². The quantitative estimate of drug-likeness (QED) is 0.329. The summed E-state index contributed by atoms with van der Waals surface area (Å²) in [5.41, 5.74) is 14.6. The summed E-state index contributed by atoms with van der Waals surface area (Å²) in [6.45, 7) is 2.62. The Morgan fingerprint density at radius 2 is 1.93 bits per heavy atom. The van der Waals surface area contributed by atoms with E-state index in [-0.39, 0.29) is 23.7 Å². The van der Waals surface area contributed by atoms with Gasteiger partial charge in [0, 0.05) is 29.9 Å². The summed E-state index contributed by atoms with van der Waals surface area (Å²) in [5.74, 6) is 0.473. The maximum atomic E-state index is 6.52. The molecule has 2 aliphatic carbocycles. The van der Waals surface area contributed by atoms with Crippen LogP contribution in [0.15, 0.2) is 83.3 Å². The van der Waals surface area contributed by atoms with Crippen LogP contribution in [0, 0.1) is 0 Å². The van der Waals surface area contributed by atoms with Gasteiger partial charge in [-0.05, 0) is 79.0 Å². The Bertz CT molecular complexity index is 1860. The van der Waals surface area contributed by atoms with Gasteiger partial charge in [0.25, 0.3) is 12.0 Å². The maximum Gasteiger partial charge on any atom is 0.286 e. The third-order valence-corrected chi connectivity index (χ3v) is 10.1. The molecule has 1 fully saturated rings. The topological polar surface area (TPSA) is 129 Å². The summed E-state index contributed by atoms with van der Waals surface area (Å²) < 4.78 is 17.5. The first-order valence-corrected chi connectivity index (χ1v) is 15.9. The highest BCUT2D eigenvalue weighted by Crippen LogP contribution is 2.43. The van der Waals surface area contributed by atoms with E-state index in [0.29, 0.717) is 24.9 Å². The van der Waals surface area contributed by atoms with Crippen LogP contribution < -0.4 is 15.8 Å². The molecule has 4 heterocycles. The average Bonchev–Trinajstić information content (AvgIpc) is 3.55. The maximum absolute atomic E-state index is 6.52. The molecule has 4 unspecified atom stereocenters.